The van der Waals surface area contributed by atoms with E-state index in [2.05, 4.69) is 0 Å². The minimum Gasteiger partial charge on any atom is -0.811 e. The minimum absolute atomic E-state index is 0. The zero-order valence-corrected chi connectivity index (χ0v) is 28.4. The Morgan fingerprint density at radius 3 is 1.48 bits per heavy atom. The molecule has 0 heterocycles. The van der Waals surface area contributed by atoms with Crippen molar-refractivity contribution in [2.45, 2.75) is 25.0 Å². The van der Waals surface area contributed by atoms with Crippen molar-refractivity contribution in [3.63, 3.8) is 0 Å². The van der Waals surface area contributed by atoms with E-state index in [1.165, 1.54) is 6.07 Å². The van der Waals surface area contributed by atoms with Gasteiger partial charge in [-0.15, -0.1) is 0 Å². The fourth-order valence-corrected chi connectivity index (χ4v) is 3.32. The molecule has 0 amide bonds. The summed E-state index contributed by atoms with van der Waals surface area (Å²) < 4.78 is 27.1. The Morgan fingerprint density at radius 2 is 1.16 bits per heavy atom. The van der Waals surface area contributed by atoms with Crippen molar-refractivity contribution in [1.82, 2.24) is 0 Å². The number of aliphatic hydroxyl groups is 2. The van der Waals surface area contributed by atoms with Crippen LogP contribution in [0.4, 0.5) is 0 Å². The van der Waals surface area contributed by atoms with Crippen molar-refractivity contribution < 1.29 is 162 Å². The van der Waals surface area contributed by atoms with E-state index in [4.69, 9.17) is 20.7 Å². The monoisotopic (exact) mass is 515 g/mol. The molecule has 0 unspecified atom stereocenters. The summed E-state index contributed by atoms with van der Waals surface area (Å²) in [5, 5.41) is 18.3. The van der Waals surface area contributed by atoms with Gasteiger partial charge < -0.3 is 49.4 Å². The number of aryl methyl sites for hydroxylation is 2. The number of nitrogens with two attached hydrogens (primary N) is 1. The van der Waals surface area contributed by atoms with Crippen LogP contribution in [0.3, 0.4) is 0 Å². The van der Waals surface area contributed by atoms with Gasteiger partial charge in [-0.2, -0.15) is 0 Å². The van der Waals surface area contributed by atoms with Gasteiger partial charge in [0.15, 0.2) is 0 Å². The summed E-state index contributed by atoms with van der Waals surface area (Å²) >= 11 is 0. The molecule has 31 heavy (non-hydrogen) atoms. The zero-order valence-electron chi connectivity index (χ0n) is 18.6. The first-order valence-electron chi connectivity index (χ1n) is 8.08. The minimum atomic E-state index is -4.70. The molecule has 10 nitrogen and oxygen atoms in total. The molecule has 1 aromatic rings. The molecule has 0 spiro atoms. The molecular formula is C15H23NNa4O9P2. The van der Waals surface area contributed by atoms with Crippen LogP contribution in [0.5, 0.6) is 0 Å². The molecule has 0 aliphatic heterocycles. The number of aliphatic hydroxyl groups excluding tert-OH is 2. The Hall–Kier alpha value is 3.36. The standard InChI is InChI=1S/C15H27NO9P2.4Na/c16-15(9-17,10-18)11-25-8-14-6-12(1-3-26(19,20)21)5-13(7-14)2-4-27(22,23)24;;;;/h5-7,17-18H,1-4,8-11,16H2,(H2,19,20,21)(H2,22,23,24);;;;/q;4*+1/p-4. The van der Waals surface area contributed by atoms with Crippen molar-refractivity contribution in [2.75, 3.05) is 32.1 Å². The maximum atomic E-state index is 10.8. The summed E-state index contributed by atoms with van der Waals surface area (Å²) in [6.07, 6.45) is -1.32. The topological polar surface area (TPSA) is 202 Å². The van der Waals surface area contributed by atoms with Crippen molar-refractivity contribution in [3.05, 3.63) is 34.9 Å². The second-order valence-corrected chi connectivity index (χ2v) is 9.84. The summed E-state index contributed by atoms with van der Waals surface area (Å²) in [5.74, 6) is 0. The smallest absolute Gasteiger partial charge is 0.811 e. The van der Waals surface area contributed by atoms with E-state index in [0.717, 1.165) is 0 Å². The van der Waals surface area contributed by atoms with Crippen LogP contribution in [0.15, 0.2) is 18.2 Å². The molecule has 0 aliphatic carbocycles. The predicted octanol–water partition coefficient (Wildman–Crippen LogP) is -15.2. The summed E-state index contributed by atoms with van der Waals surface area (Å²) in [6.45, 7) is -1.18. The molecule has 0 aliphatic rings. The van der Waals surface area contributed by atoms with Crippen LogP contribution in [0.2, 0.25) is 0 Å². The molecule has 1 aromatic carbocycles. The third-order valence-corrected chi connectivity index (χ3v) is 5.29. The first kappa shape index (κ1) is 41.5. The van der Waals surface area contributed by atoms with Crippen LogP contribution in [0, 0.1) is 0 Å². The third-order valence-electron chi connectivity index (χ3n) is 3.75. The normalized spacial score (nSPS) is 11.5. The van der Waals surface area contributed by atoms with Crippen LogP contribution in [-0.4, -0.2) is 47.9 Å². The Morgan fingerprint density at radius 1 is 0.806 bits per heavy atom. The second-order valence-electron chi connectivity index (χ2n) is 6.50. The van der Waals surface area contributed by atoms with Crippen molar-refractivity contribution >= 4 is 15.2 Å². The molecule has 0 saturated heterocycles. The van der Waals surface area contributed by atoms with Gasteiger partial charge in [-0.25, -0.2) is 0 Å². The van der Waals surface area contributed by atoms with E-state index in [-0.39, 0.29) is 144 Å². The van der Waals surface area contributed by atoms with Gasteiger partial charge in [-0.1, -0.05) is 33.4 Å². The molecule has 4 N–H and O–H groups in total. The first-order valence-corrected chi connectivity index (χ1v) is 11.5. The van der Waals surface area contributed by atoms with E-state index in [9.17, 15) is 28.7 Å². The molecule has 0 saturated carbocycles. The van der Waals surface area contributed by atoms with Crippen LogP contribution in [0.25, 0.3) is 0 Å². The average molecular weight is 515 g/mol. The Kier molecular flexibility index (Phi) is 26.1. The van der Waals surface area contributed by atoms with Gasteiger partial charge in [0.2, 0.25) is 0 Å². The van der Waals surface area contributed by atoms with Crippen molar-refractivity contribution in [2.24, 2.45) is 5.73 Å². The molecule has 1 rings (SSSR count). The SMILES string of the molecule is NC(CO)(CO)COCc1cc(CCP(=O)([O-])[O-])cc(CCP(=O)([O-])[O-])c1.[Na+].[Na+].[Na+].[Na+]. The van der Waals surface area contributed by atoms with E-state index in [1.54, 1.807) is 12.1 Å². The summed E-state index contributed by atoms with van der Waals surface area (Å²) in [4.78, 5) is 43.4. The Labute approximate surface area is 271 Å². The van der Waals surface area contributed by atoms with E-state index < -0.39 is 46.3 Å². The van der Waals surface area contributed by atoms with Crippen LogP contribution >= 0.6 is 15.2 Å². The maximum absolute atomic E-state index is 10.8. The first-order chi connectivity index (χ1) is 12.4. The van der Waals surface area contributed by atoms with Gasteiger partial charge in [-0.3, -0.25) is 0 Å². The molecule has 16 heteroatoms. The number of hydrogen-bond donors (Lipinski definition) is 3. The number of hydrogen-bond acceptors (Lipinski definition) is 10. The fraction of sp³-hybridized carbons (Fsp3) is 0.600. The third kappa shape index (κ3) is 20.1. The number of ether oxygens (including phenoxy) is 1. The molecular weight excluding hydrogens is 492 g/mol. The van der Waals surface area contributed by atoms with Gasteiger partial charge >= 0.3 is 118 Å². The average Bonchev–Trinajstić information content (AvgIpc) is 2.57. The molecule has 156 valence electrons. The van der Waals surface area contributed by atoms with E-state index >= 15 is 0 Å². The fourth-order valence-electron chi connectivity index (χ4n) is 2.26. The van der Waals surface area contributed by atoms with Crippen molar-refractivity contribution in [1.29, 1.82) is 0 Å². The van der Waals surface area contributed by atoms with Gasteiger partial charge in [0.25, 0.3) is 0 Å². The van der Waals surface area contributed by atoms with Gasteiger partial charge in [-0.05, 0) is 41.9 Å². The van der Waals surface area contributed by atoms with Crippen LogP contribution in [0.1, 0.15) is 16.7 Å². The summed E-state index contributed by atoms with van der Waals surface area (Å²) in [6, 6.07) is 4.70. The maximum Gasteiger partial charge on any atom is 1.00 e. The van der Waals surface area contributed by atoms with E-state index in [1.807, 2.05) is 0 Å². The molecule has 0 bridgehead atoms. The molecule has 0 aromatic heterocycles. The number of benzene rings is 1. The molecule has 0 radical (unpaired) electrons. The Bertz CT molecular complexity index is 669. The largest absolute Gasteiger partial charge is 1.00 e. The predicted molar refractivity (Wildman–Crippen MR) is 89.5 cm³/mol. The zero-order chi connectivity index (χ0) is 20.7. The van der Waals surface area contributed by atoms with Gasteiger partial charge in [0.1, 0.15) is 0 Å². The quantitative estimate of drug-likeness (QED) is 0.177. The van der Waals surface area contributed by atoms with E-state index in [0.29, 0.717) is 16.7 Å². The molecule has 0 fully saturated rings. The Balaban J connectivity index is -0.000000911. The van der Waals surface area contributed by atoms with Crippen molar-refractivity contribution in [3.8, 4) is 0 Å². The van der Waals surface area contributed by atoms with Gasteiger partial charge in [0, 0.05) is 0 Å². The van der Waals surface area contributed by atoms with Crippen LogP contribution in [-0.2, 0) is 33.3 Å². The number of rotatable bonds is 12. The van der Waals surface area contributed by atoms with Crippen LogP contribution < -0.4 is 144 Å². The van der Waals surface area contributed by atoms with Gasteiger partial charge in [0.05, 0.1) is 32.0 Å². The second kappa shape index (κ2) is 19.5. The summed E-state index contributed by atoms with van der Waals surface area (Å²) in [5.41, 5.74) is 5.86. The molecule has 0 atom stereocenters. The summed E-state index contributed by atoms with van der Waals surface area (Å²) in [7, 11) is -9.41.